The molecule has 2 aromatic rings. The molecular formula is C17H16ClNO3. The van der Waals surface area contributed by atoms with E-state index in [-0.39, 0.29) is 6.54 Å². The molecular weight excluding hydrogens is 302 g/mol. The molecule has 0 aromatic heterocycles. The first-order valence-corrected chi connectivity index (χ1v) is 7.45. The molecule has 1 heterocycles. The van der Waals surface area contributed by atoms with E-state index in [1.165, 1.54) is 4.90 Å². The third-order valence-corrected chi connectivity index (χ3v) is 4.02. The molecule has 0 aliphatic carbocycles. The van der Waals surface area contributed by atoms with Crippen LogP contribution in [0.5, 0.6) is 0 Å². The van der Waals surface area contributed by atoms with Crippen LogP contribution in [0.2, 0.25) is 5.02 Å². The fraction of sp³-hybridized carbons (Fsp3) is 0.235. The number of hydrogen-bond acceptors (Lipinski definition) is 3. The Morgan fingerprint density at radius 3 is 2.55 bits per heavy atom. The van der Waals surface area contributed by atoms with E-state index in [9.17, 15) is 9.90 Å². The lowest BCUT2D eigenvalue weighted by Crippen LogP contribution is -2.46. The smallest absolute Gasteiger partial charge is 0.410 e. The van der Waals surface area contributed by atoms with E-state index >= 15 is 0 Å². The van der Waals surface area contributed by atoms with Crippen LogP contribution in [0, 0.1) is 0 Å². The predicted octanol–water partition coefficient (Wildman–Crippen LogP) is 3.39. The van der Waals surface area contributed by atoms with Crippen molar-refractivity contribution in [1.29, 1.82) is 0 Å². The van der Waals surface area contributed by atoms with Gasteiger partial charge in [0.15, 0.2) is 6.10 Å². The SMILES string of the molecule is O=C1O[C@@H](c2ccccc2Cl)[C@@H](O)CN1Cc1ccccc1. The maximum absolute atomic E-state index is 12.2. The Hall–Kier alpha value is -2.04. The molecule has 1 aliphatic rings. The normalized spacial score (nSPS) is 21.5. The first-order valence-electron chi connectivity index (χ1n) is 7.07. The lowest BCUT2D eigenvalue weighted by atomic mass is 10.0. The highest BCUT2D eigenvalue weighted by Gasteiger charge is 2.36. The monoisotopic (exact) mass is 317 g/mol. The van der Waals surface area contributed by atoms with Crippen molar-refractivity contribution in [2.45, 2.75) is 18.8 Å². The highest BCUT2D eigenvalue weighted by Crippen LogP contribution is 2.32. The van der Waals surface area contributed by atoms with Gasteiger partial charge in [-0.3, -0.25) is 0 Å². The van der Waals surface area contributed by atoms with Crippen molar-refractivity contribution in [3.63, 3.8) is 0 Å². The Labute approximate surface area is 133 Å². The van der Waals surface area contributed by atoms with E-state index in [2.05, 4.69) is 0 Å². The third kappa shape index (κ3) is 3.08. The number of aliphatic hydroxyl groups excluding tert-OH is 1. The van der Waals surface area contributed by atoms with Gasteiger partial charge in [-0.25, -0.2) is 4.79 Å². The first-order chi connectivity index (χ1) is 10.6. The minimum atomic E-state index is -0.818. The summed E-state index contributed by atoms with van der Waals surface area (Å²) in [4.78, 5) is 13.7. The molecule has 114 valence electrons. The van der Waals surface area contributed by atoms with E-state index < -0.39 is 18.3 Å². The zero-order valence-electron chi connectivity index (χ0n) is 11.9. The first kappa shape index (κ1) is 14.9. The molecule has 4 nitrogen and oxygen atoms in total. The van der Waals surface area contributed by atoms with E-state index in [1.807, 2.05) is 30.3 Å². The van der Waals surface area contributed by atoms with Crippen LogP contribution >= 0.6 is 11.6 Å². The maximum Gasteiger partial charge on any atom is 0.410 e. The molecule has 0 radical (unpaired) electrons. The van der Waals surface area contributed by atoms with Crippen LogP contribution in [0.25, 0.3) is 0 Å². The van der Waals surface area contributed by atoms with Crippen molar-refractivity contribution in [2.24, 2.45) is 0 Å². The fourth-order valence-electron chi connectivity index (χ4n) is 2.57. The molecule has 2 atom stereocenters. The molecule has 1 amide bonds. The number of rotatable bonds is 3. The molecule has 2 aromatic carbocycles. The van der Waals surface area contributed by atoms with Gasteiger partial charge in [-0.05, 0) is 11.6 Å². The van der Waals surface area contributed by atoms with Crippen molar-refractivity contribution >= 4 is 17.7 Å². The predicted molar refractivity (Wildman–Crippen MR) is 83.5 cm³/mol. The third-order valence-electron chi connectivity index (χ3n) is 3.67. The van der Waals surface area contributed by atoms with E-state index in [0.29, 0.717) is 17.1 Å². The Morgan fingerprint density at radius 2 is 1.82 bits per heavy atom. The van der Waals surface area contributed by atoms with E-state index in [1.54, 1.807) is 24.3 Å². The van der Waals surface area contributed by atoms with Gasteiger partial charge < -0.3 is 14.7 Å². The van der Waals surface area contributed by atoms with Gasteiger partial charge in [0, 0.05) is 17.1 Å². The van der Waals surface area contributed by atoms with E-state index in [4.69, 9.17) is 16.3 Å². The van der Waals surface area contributed by atoms with Gasteiger partial charge >= 0.3 is 6.09 Å². The average molecular weight is 318 g/mol. The van der Waals surface area contributed by atoms with Crippen LogP contribution in [0.3, 0.4) is 0 Å². The maximum atomic E-state index is 12.2. The number of amides is 1. The molecule has 0 bridgehead atoms. The molecule has 0 unspecified atom stereocenters. The van der Waals surface area contributed by atoms with Crippen LogP contribution in [0.15, 0.2) is 54.6 Å². The number of ether oxygens (including phenoxy) is 1. The standard InChI is InChI=1S/C17H16ClNO3/c18-14-9-5-4-8-13(14)16-15(20)11-19(17(21)22-16)10-12-6-2-1-3-7-12/h1-9,15-16,20H,10-11H2/t15-,16-/m0/s1. The molecule has 0 spiro atoms. The molecule has 1 saturated heterocycles. The summed E-state index contributed by atoms with van der Waals surface area (Å²) >= 11 is 6.12. The largest absolute Gasteiger partial charge is 0.438 e. The Morgan fingerprint density at radius 1 is 1.14 bits per heavy atom. The number of halogens is 1. The van der Waals surface area contributed by atoms with Crippen LogP contribution in [-0.2, 0) is 11.3 Å². The van der Waals surface area contributed by atoms with Crippen molar-refractivity contribution in [3.05, 3.63) is 70.7 Å². The quantitative estimate of drug-likeness (QED) is 0.944. The van der Waals surface area contributed by atoms with Gasteiger partial charge in [-0.15, -0.1) is 0 Å². The Bertz CT molecular complexity index is 662. The van der Waals surface area contributed by atoms with Gasteiger partial charge in [0.25, 0.3) is 0 Å². The van der Waals surface area contributed by atoms with Crippen molar-refractivity contribution in [1.82, 2.24) is 4.90 Å². The van der Waals surface area contributed by atoms with Crippen LogP contribution < -0.4 is 0 Å². The van der Waals surface area contributed by atoms with Gasteiger partial charge in [-0.1, -0.05) is 60.1 Å². The number of hydrogen-bond donors (Lipinski definition) is 1. The number of nitrogens with zero attached hydrogens (tertiary/aromatic N) is 1. The molecule has 22 heavy (non-hydrogen) atoms. The van der Waals surface area contributed by atoms with Crippen molar-refractivity contribution in [3.8, 4) is 0 Å². The molecule has 1 fully saturated rings. The van der Waals surface area contributed by atoms with Crippen molar-refractivity contribution < 1.29 is 14.6 Å². The van der Waals surface area contributed by atoms with Gasteiger partial charge in [0.1, 0.15) is 6.10 Å². The summed E-state index contributed by atoms with van der Waals surface area (Å²) in [6.45, 7) is 0.621. The van der Waals surface area contributed by atoms with Crippen LogP contribution in [0.4, 0.5) is 4.79 Å². The molecule has 3 rings (SSSR count). The molecule has 1 aliphatic heterocycles. The second-order valence-corrected chi connectivity index (χ2v) is 5.67. The average Bonchev–Trinajstić information content (AvgIpc) is 2.52. The van der Waals surface area contributed by atoms with Crippen LogP contribution in [0.1, 0.15) is 17.2 Å². The second-order valence-electron chi connectivity index (χ2n) is 5.26. The molecule has 1 N–H and O–H groups in total. The highest BCUT2D eigenvalue weighted by molar-refractivity contribution is 6.31. The minimum Gasteiger partial charge on any atom is -0.438 e. The van der Waals surface area contributed by atoms with E-state index in [0.717, 1.165) is 5.56 Å². The fourth-order valence-corrected chi connectivity index (χ4v) is 2.81. The summed E-state index contributed by atoms with van der Waals surface area (Å²) in [7, 11) is 0. The number of benzene rings is 2. The van der Waals surface area contributed by atoms with Crippen LogP contribution in [-0.4, -0.2) is 28.7 Å². The van der Waals surface area contributed by atoms with Gasteiger partial charge in [0.05, 0.1) is 6.54 Å². The zero-order chi connectivity index (χ0) is 15.5. The topological polar surface area (TPSA) is 49.8 Å². The second kappa shape index (κ2) is 6.38. The number of carbonyl (C=O) groups excluding carboxylic acids is 1. The van der Waals surface area contributed by atoms with Crippen molar-refractivity contribution in [2.75, 3.05) is 6.54 Å². The molecule has 0 saturated carbocycles. The summed E-state index contributed by atoms with van der Waals surface area (Å²) < 4.78 is 5.40. The van der Waals surface area contributed by atoms with Gasteiger partial charge in [-0.2, -0.15) is 0 Å². The van der Waals surface area contributed by atoms with Gasteiger partial charge in [0.2, 0.25) is 0 Å². The Balaban J connectivity index is 1.74. The summed E-state index contributed by atoms with van der Waals surface area (Å²) in [5.74, 6) is 0. The summed E-state index contributed by atoms with van der Waals surface area (Å²) in [6, 6.07) is 16.7. The Kier molecular flexibility index (Phi) is 4.32. The molecule has 5 heteroatoms. The number of carbonyl (C=O) groups is 1. The minimum absolute atomic E-state index is 0.212. The number of cyclic esters (lactones) is 1. The number of β-amino-alcohol motifs (C(OH)–C–C–N with tert-alkyl or cyclic N) is 1. The lowest BCUT2D eigenvalue weighted by Gasteiger charge is -2.36. The summed E-state index contributed by atoms with van der Waals surface area (Å²) in [5.41, 5.74) is 1.62. The summed E-state index contributed by atoms with van der Waals surface area (Å²) in [5, 5.41) is 10.8. The zero-order valence-corrected chi connectivity index (χ0v) is 12.6. The summed E-state index contributed by atoms with van der Waals surface area (Å²) in [6.07, 6.45) is -1.99. The number of aliphatic hydroxyl groups is 1. The highest BCUT2D eigenvalue weighted by atomic mass is 35.5. The lowest BCUT2D eigenvalue weighted by molar-refractivity contribution is -0.0620.